The summed E-state index contributed by atoms with van der Waals surface area (Å²) in [6.07, 6.45) is 0.718. The maximum atomic E-state index is 13.0. The normalized spacial score (nSPS) is 12.6. The summed E-state index contributed by atoms with van der Waals surface area (Å²) >= 11 is 18.1. The summed E-state index contributed by atoms with van der Waals surface area (Å²) in [6, 6.07) is 18.1. The number of nitrogens with zero attached hydrogens (tertiary/aromatic N) is 1. The SMILES string of the molecule is COc1ccc(Cl)cc1/C=N\NC(=O)[C@H](Cc1ccccc1)NC(=O)[C@@H](C)Oc1ccc(Cl)cc1Cl. The highest BCUT2D eigenvalue weighted by Crippen LogP contribution is 2.28. The monoisotopic (exact) mass is 547 g/mol. The van der Waals surface area contributed by atoms with Crippen LogP contribution in [-0.4, -0.2) is 37.3 Å². The molecular weight excluding hydrogens is 525 g/mol. The first-order chi connectivity index (χ1) is 17.3. The van der Waals surface area contributed by atoms with E-state index in [1.165, 1.54) is 19.4 Å². The van der Waals surface area contributed by atoms with Crippen LogP contribution in [0.25, 0.3) is 0 Å². The Kier molecular flexibility index (Phi) is 9.99. The van der Waals surface area contributed by atoms with E-state index in [4.69, 9.17) is 44.3 Å². The first-order valence-electron chi connectivity index (χ1n) is 10.9. The minimum absolute atomic E-state index is 0.239. The van der Waals surface area contributed by atoms with Gasteiger partial charge in [0.25, 0.3) is 11.8 Å². The van der Waals surface area contributed by atoms with Crippen LogP contribution in [0.5, 0.6) is 11.5 Å². The molecule has 0 bridgehead atoms. The van der Waals surface area contributed by atoms with Crippen molar-refractivity contribution in [3.05, 3.63) is 92.9 Å². The number of hydrogen-bond donors (Lipinski definition) is 2. The molecular formula is C26H24Cl3N3O4. The predicted octanol–water partition coefficient (Wildman–Crippen LogP) is 5.30. The van der Waals surface area contributed by atoms with Gasteiger partial charge in [0.1, 0.15) is 17.5 Å². The largest absolute Gasteiger partial charge is 0.496 e. The lowest BCUT2D eigenvalue weighted by molar-refractivity contribution is -0.132. The van der Waals surface area contributed by atoms with Crippen molar-refractivity contribution in [3.63, 3.8) is 0 Å². The van der Waals surface area contributed by atoms with Crippen LogP contribution in [0.15, 0.2) is 71.8 Å². The molecule has 0 aliphatic rings. The molecule has 0 aliphatic carbocycles. The molecule has 2 amide bonds. The molecule has 7 nitrogen and oxygen atoms in total. The van der Waals surface area contributed by atoms with Gasteiger partial charge < -0.3 is 14.8 Å². The minimum atomic E-state index is -0.936. The van der Waals surface area contributed by atoms with Crippen molar-refractivity contribution in [2.24, 2.45) is 5.10 Å². The van der Waals surface area contributed by atoms with Crippen LogP contribution in [0.2, 0.25) is 15.1 Å². The van der Waals surface area contributed by atoms with Crippen LogP contribution in [0.3, 0.4) is 0 Å². The smallest absolute Gasteiger partial charge is 0.262 e. The van der Waals surface area contributed by atoms with Gasteiger partial charge in [-0.25, -0.2) is 5.43 Å². The zero-order valence-corrected chi connectivity index (χ0v) is 21.8. The number of carbonyl (C=O) groups excluding carboxylic acids is 2. The Morgan fingerprint density at radius 2 is 1.61 bits per heavy atom. The molecule has 3 aromatic rings. The van der Waals surface area contributed by atoms with Crippen molar-refractivity contribution >= 4 is 52.8 Å². The van der Waals surface area contributed by atoms with Gasteiger partial charge in [-0.05, 0) is 48.9 Å². The number of nitrogens with one attached hydrogen (secondary N) is 2. The van der Waals surface area contributed by atoms with Gasteiger partial charge >= 0.3 is 0 Å². The Morgan fingerprint density at radius 1 is 0.944 bits per heavy atom. The molecule has 2 atom stereocenters. The number of halogens is 3. The first-order valence-corrected chi connectivity index (χ1v) is 12.0. The van der Waals surface area contributed by atoms with Gasteiger partial charge in [-0.1, -0.05) is 65.1 Å². The minimum Gasteiger partial charge on any atom is -0.496 e. The summed E-state index contributed by atoms with van der Waals surface area (Å²) in [5.41, 5.74) is 3.91. The maximum Gasteiger partial charge on any atom is 0.262 e. The molecule has 3 rings (SSSR count). The summed E-state index contributed by atoms with van der Waals surface area (Å²) in [7, 11) is 1.52. The number of amides is 2. The number of carbonyl (C=O) groups is 2. The second-order valence-corrected chi connectivity index (χ2v) is 8.99. The van der Waals surface area contributed by atoms with Crippen LogP contribution in [-0.2, 0) is 16.0 Å². The van der Waals surface area contributed by atoms with E-state index in [0.717, 1.165) is 5.56 Å². The highest BCUT2D eigenvalue weighted by Gasteiger charge is 2.25. The van der Waals surface area contributed by atoms with Crippen LogP contribution in [0.1, 0.15) is 18.1 Å². The standard InChI is InChI=1S/C26H24Cl3N3O4/c1-16(36-24-11-9-20(28)14-21(24)29)25(33)31-22(12-17-6-4-3-5-7-17)26(34)32-30-15-18-13-19(27)8-10-23(18)35-2/h3-11,13-16,22H,12H2,1-2H3,(H,31,33)(H,32,34)/b30-15-/t16-,22+/m1/s1. The lowest BCUT2D eigenvalue weighted by Gasteiger charge is -2.21. The van der Waals surface area contributed by atoms with Crippen LogP contribution >= 0.6 is 34.8 Å². The van der Waals surface area contributed by atoms with Crippen molar-refractivity contribution in [1.82, 2.24) is 10.7 Å². The molecule has 0 heterocycles. The third-order valence-electron chi connectivity index (χ3n) is 5.05. The Hall–Kier alpha value is -3.26. The molecule has 0 aromatic heterocycles. The van der Waals surface area contributed by atoms with Crippen LogP contribution in [0.4, 0.5) is 0 Å². The zero-order valence-electron chi connectivity index (χ0n) is 19.5. The van der Waals surface area contributed by atoms with E-state index in [2.05, 4.69) is 15.8 Å². The lowest BCUT2D eigenvalue weighted by atomic mass is 10.1. The molecule has 0 spiro atoms. The molecule has 188 valence electrons. The summed E-state index contributed by atoms with van der Waals surface area (Å²) in [5, 5.41) is 7.96. The average Bonchev–Trinajstić information content (AvgIpc) is 2.86. The van der Waals surface area contributed by atoms with Gasteiger partial charge in [0, 0.05) is 22.0 Å². The lowest BCUT2D eigenvalue weighted by Crippen LogP contribution is -2.50. The first kappa shape index (κ1) is 27.3. The number of methoxy groups -OCH3 is 1. The van der Waals surface area contributed by atoms with E-state index < -0.39 is 24.0 Å². The summed E-state index contributed by atoms with van der Waals surface area (Å²) < 4.78 is 11.0. The fourth-order valence-electron chi connectivity index (χ4n) is 3.21. The van der Waals surface area contributed by atoms with E-state index in [1.54, 1.807) is 37.3 Å². The van der Waals surface area contributed by atoms with Crippen LogP contribution < -0.4 is 20.2 Å². The molecule has 0 saturated heterocycles. The zero-order chi connectivity index (χ0) is 26.1. The molecule has 0 aliphatic heterocycles. The topological polar surface area (TPSA) is 89.0 Å². The van der Waals surface area contributed by atoms with E-state index in [1.807, 2.05) is 30.3 Å². The highest BCUT2D eigenvalue weighted by molar-refractivity contribution is 6.35. The molecule has 36 heavy (non-hydrogen) atoms. The summed E-state index contributed by atoms with van der Waals surface area (Å²) in [5.74, 6) is -0.176. The second-order valence-electron chi connectivity index (χ2n) is 7.71. The Balaban J connectivity index is 1.71. The number of benzene rings is 3. The van der Waals surface area contributed by atoms with E-state index in [9.17, 15) is 9.59 Å². The number of ether oxygens (including phenoxy) is 2. The number of hydrogen-bond acceptors (Lipinski definition) is 5. The Morgan fingerprint density at radius 3 is 2.28 bits per heavy atom. The Labute approximate surface area is 224 Å². The van der Waals surface area contributed by atoms with Gasteiger partial charge in [0.05, 0.1) is 18.3 Å². The fraction of sp³-hybridized carbons (Fsp3) is 0.192. The highest BCUT2D eigenvalue weighted by atomic mass is 35.5. The molecule has 0 unspecified atom stereocenters. The fourth-order valence-corrected chi connectivity index (χ4v) is 3.85. The maximum absolute atomic E-state index is 13.0. The van der Waals surface area contributed by atoms with Gasteiger partial charge in [-0.15, -0.1) is 0 Å². The molecule has 0 fully saturated rings. The van der Waals surface area contributed by atoms with E-state index in [-0.39, 0.29) is 11.4 Å². The quantitative estimate of drug-likeness (QED) is 0.266. The summed E-state index contributed by atoms with van der Waals surface area (Å²) in [6.45, 7) is 1.56. The molecule has 3 aromatic carbocycles. The summed E-state index contributed by atoms with van der Waals surface area (Å²) in [4.78, 5) is 25.9. The third kappa shape index (κ3) is 7.88. The van der Waals surface area contributed by atoms with Gasteiger partial charge in [0.2, 0.25) is 0 Å². The third-order valence-corrected chi connectivity index (χ3v) is 5.82. The van der Waals surface area contributed by atoms with E-state index >= 15 is 0 Å². The molecule has 2 N–H and O–H groups in total. The molecule has 0 saturated carbocycles. The molecule has 0 radical (unpaired) electrons. The van der Waals surface area contributed by atoms with Crippen molar-refractivity contribution in [1.29, 1.82) is 0 Å². The van der Waals surface area contributed by atoms with Crippen molar-refractivity contribution in [2.45, 2.75) is 25.5 Å². The van der Waals surface area contributed by atoms with E-state index in [0.29, 0.717) is 27.1 Å². The van der Waals surface area contributed by atoms with Crippen molar-refractivity contribution in [2.75, 3.05) is 7.11 Å². The second kappa shape index (κ2) is 13.2. The average molecular weight is 549 g/mol. The van der Waals surface area contributed by atoms with Crippen molar-refractivity contribution in [3.8, 4) is 11.5 Å². The molecule has 10 heteroatoms. The number of hydrazone groups is 1. The number of rotatable bonds is 10. The van der Waals surface area contributed by atoms with Gasteiger partial charge in [-0.3, -0.25) is 9.59 Å². The van der Waals surface area contributed by atoms with Gasteiger partial charge in [-0.2, -0.15) is 5.10 Å². The Bertz CT molecular complexity index is 1240. The van der Waals surface area contributed by atoms with Gasteiger partial charge in [0.15, 0.2) is 6.10 Å². The van der Waals surface area contributed by atoms with Crippen molar-refractivity contribution < 1.29 is 19.1 Å². The predicted molar refractivity (Wildman–Crippen MR) is 142 cm³/mol. The van der Waals surface area contributed by atoms with Crippen LogP contribution in [0, 0.1) is 0 Å².